The largest absolute Gasteiger partial charge is 0.394 e. The summed E-state index contributed by atoms with van der Waals surface area (Å²) in [7, 11) is 0. The molecule has 3 rings (SSSR count). The molecule has 96 valence electrons. The Morgan fingerprint density at radius 3 is 3.00 bits per heavy atom. The van der Waals surface area contributed by atoms with Gasteiger partial charge in [-0.05, 0) is 19.3 Å². The van der Waals surface area contributed by atoms with Gasteiger partial charge in [-0.15, -0.1) is 0 Å². The summed E-state index contributed by atoms with van der Waals surface area (Å²) in [4.78, 5) is 14.3. The highest BCUT2D eigenvalue weighted by molar-refractivity contribution is 5.80. The monoisotopic (exact) mass is 240 g/mol. The Labute approximate surface area is 101 Å². The summed E-state index contributed by atoms with van der Waals surface area (Å²) in [6.45, 7) is 1.76. The average molecular weight is 240 g/mol. The Hall–Kier alpha value is -0.650. The molecule has 0 radical (unpaired) electrons. The van der Waals surface area contributed by atoms with Gasteiger partial charge in [-0.2, -0.15) is 0 Å². The zero-order valence-electron chi connectivity index (χ0n) is 9.97. The van der Waals surface area contributed by atoms with E-state index in [9.17, 15) is 4.79 Å². The highest BCUT2D eigenvalue weighted by Gasteiger charge is 2.44. The number of hydrogen-bond donors (Lipinski definition) is 2. The van der Waals surface area contributed by atoms with Gasteiger partial charge in [0, 0.05) is 25.2 Å². The van der Waals surface area contributed by atoms with E-state index in [1.165, 1.54) is 6.42 Å². The number of carbonyl (C=O) groups excluding carboxylic acids is 1. The lowest BCUT2D eigenvalue weighted by Gasteiger charge is -2.35. The second-order valence-corrected chi connectivity index (χ2v) is 5.35. The molecule has 2 N–H and O–H groups in total. The third-order valence-corrected chi connectivity index (χ3v) is 4.27. The van der Waals surface area contributed by atoms with Gasteiger partial charge in [-0.1, -0.05) is 0 Å². The van der Waals surface area contributed by atoms with Crippen molar-refractivity contribution in [2.24, 2.45) is 5.92 Å². The fraction of sp³-hybridized carbons (Fsp3) is 0.917. The lowest BCUT2D eigenvalue weighted by atomic mass is 9.88. The Balaban J connectivity index is 1.62. The molecule has 4 unspecified atom stereocenters. The van der Waals surface area contributed by atoms with E-state index in [1.54, 1.807) is 0 Å². The van der Waals surface area contributed by atoms with E-state index in [2.05, 4.69) is 5.32 Å². The molecule has 2 bridgehead atoms. The molecule has 0 aromatic rings. The predicted octanol–water partition coefficient (Wildman–Crippen LogP) is -0.653. The first-order valence-corrected chi connectivity index (χ1v) is 6.55. The van der Waals surface area contributed by atoms with E-state index in [1.807, 2.05) is 4.90 Å². The van der Waals surface area contributed by atoms with Crippen LogP contribution < -0.4 is 5.32 Å². The van der Waals surface area contributed by atoms with Crippen molar-refractivity contribution in [3.8, 4) is 0 Å². The third kappa shape index (κ3) is 2.07. The number of amides is 1. The number of hydrogen-bond acceptors (Lipinski definition) is 4. The molecule has 1 amide bonds. The quantitative estimate of drug-likeness (QED) is 0.673. The van der Waals surface area contributed by atoms with Gasteiger partial charge in [0.25, 0.3) is 0 Å². The van der Waals surface area contributed by atoms with Crippen molar-refractivity contribution in [1.29, 1.82) is 0 Å². The smallest absolute Gasteiger partial charge is 0.227 e. The Kier molecular flexibility index (Phi) is 3.06. The number of nitrogens with zero attached hydrogens (tertiary/aromatic N) is 1. The second kappa shape index (κ2) is 4.55. The molecule has 3 heterocycles. The van der Waals surface area contributed by atoms with Crippen molar-refractivity contribution in [1.82, 2.24) is 10.2 Å². The van der Waals surface area contributed by atoms with Gasteiger partial charge in [-0.25, -0.2) is 0 Å². The lowest BCUT2D eigenvalue weighted by Crippen LogP contribution is -2.50. The van der Waals surface area contributed by atoms with Crippen LogP contribution in [0.25, 0.3) is 0 Å². The van der Waals surface area contributed by atoms with E-state index >= 15 is 0 Å². The van der Waals surface area contributed by atoms with Crippen molar-refractivity contribution in [3.05, 3.63) is 0 Å². The van der Waals surface area contributed by atoms with Crippen LogP contribution in [0.4, 0.5) is 0 Å². The van der Waals surface area contributed by atoms with Crippen molar-refractivity contribution >= 4 is 5.91 Å². The zero-order valence-corrected chi connectivity index (χ0v) is 9.97. The Bertz CT molecular complexity index is 310. The van der Waals surface area contributed by atoms with Crippen LogP contribution in [0, 0.1) is 5.92 Å². The van der Waals surface area contributed by atoms with Crippen LogP contribution in [0.1, 0.15) is 19.3 Å². The van der Waals surface area contributed by atoms with Crippen LogP contribution in [0.5, 0.6) is 0 Å². The van der Waals surface area contributed by atoms with Gasteiger partial charge in [0.05, 0.1) is 25.2 Å². The molecular formula is C12H20N2O3. The van der Waals surface area contributed by atoms with Gasteiger partial charge in [0.2, 0.25) is 5.91 Å². The molecule has 3 aliphatic rings. The average Bonchev–Trinajstić information content (AvgIpc) is 3.00. The topological polar surface area (TPSA) is 61.8 Å². The molecule has 4 atom stereocenters. The van der Waals surface area contributed by atoms with Gasteiger partial charge in [0.15, 0.2) is 0 Å². The number of ether oxygens (including phenoxy) is 1. The van der Waals surface area contributed by atoms with Crippen LogP contribution >= 0.6 is 0 Å². The molecule has 17 heavy (non-hydrogen) atoms. The first kappa shape index (κ1) is 11.4. The van der Waals surface area contributed by atoms with Crippen LogP contribution in [0.2, 0.25) is 0 Å². The summed E-state index contributed by atoms with van der Waals surface area (Å²) >= 11 is 0. The summed E-state index contributed by atoms with van der Waals surface area (Å²) < 4.78 is 5.37. The zero-order chi connectivity index (χ0) is 11.8. The lowest BCUT2D eigenvalue weighted by molar-refractivity contribution is -0.145. The highest BCUT2D eigenvalue weighted by Crippen LogP contribution is 2.34. The first-order valence-electron chi connectivity index (χ1n) is 6.55. The number of rotatable bonds is 2. The van der Waals surface area contributed by atoms with Crippen molar-refractivity contribution in [3.63, 3.8) is 0 Å². The first-order chi connectivity index (χ1) is 8.28. The molecular weight excluding hydrogens is 220 g/mol. The standard InChI is InChI=1S/C12H20N2O3/c15-7-9-6-14(3-4-17-9)12(16)10-5-8-1-2-11(10)13-8/h8-11,13,15H,1-7H2. The Morgan fingerprint density at radius 1 is 1.47 bits per heavy atom. The maximum Gasteiger partial charge on any atom is 0.227 e. The SMILES string of the molecule is O=C(C1CC2CCC1N2)N1CCOC(CO)C1. The van der Waals surface area contributed by atoms with E-state index < -0.39 is 0 Å². The molecule has 3 saturated heterocycles. The minimum Gasteiger partial charge on any atom is -0.394 e. The molecule has 3 fully saturated rings. The number of morpholine rings is 1. The van der Waals surface area contributed by atoms with E-state index in [-0.39, 0.29) is 24.5 Å². The fourth-order valence-electron chi connectivity index (χ4n) is 3.36. The van der Waals surface area contributed by atoms with Crippen LogP contribution in [0.15, 0.2) is 0 Å². The molecule has 0 aromatic carbocycles. The normalized spacial score (nSPS) is 40.9. The van der Waals surface area contributed by atoms with E-state index in [4.69, 9.17) is 9.84 Å². The Morgan fingerprint density at radius 2 is 2.35 bits per heavy atom. The number of fused-ring (bicyclic) bond motifs is 2. The predicted molar refractivity (Wildman–Crippen MR) is 61.5 cm³/mol. The van der Waals surface area contributed by atoms with Crippen molar-refractivity contribution in [2.45, 2.75) is 37.5 Å². The number of carbonyl (C=O) groups is 1. The third-order valence-electron chi connectivity index (χ3n) is 4.27. The maximum absolute atomic E-state index is 12.4. The highest BCUT2D eigenvalue weighted by atomic mass is 16.5. The minimum atomic E-state index is -0.195. The molecule has 0 spiro atoms. The molecule has 0 aliphatic carbocycles. The van der Waals surface area contributed by atoms with Gasteiger partial charge >= 0.3 is 0 Å². The summed E-state index contributed by atoms with van der Waals surface area (Å²) in [5, 5.41) is 12.6. The molecule has 5 heteroatoms. The van der Waals surface area contributed by atoms with Crippen LogP contribution in [-0.2, 0) is 9.53 Å². The summed E-state index contributed by atoms with van der Waals surface area (Å²) in [5.41, 5.74) is 0. The fourth-order valence-corrected chi connectivity index (χ4v) is 3.36. The maximum atomic E-state index is 12.4. The van der Waals surface area contributed by atoms with Crippen LogP contribution in [0.3, 0.4) is 0 Å². The summed E-state index contributed by atoms with van der Waals surface area (Å²) in [5.74, 6) is 0.414. The molecule has 0 saturated carbocycles. The van der Waals surface area contributed by atoms with E-state index in [0.29, 0.717) is 31.8 Å². The number of nitrogens with one attached hydrogen (secondary N) is 1. The van der Waals surface area contributed by atoms with Gasteiger partial charge in [-0.3, -0.25) is 4.79 Å². The van der Waals surface area contributed by atoms with Crippen molar-refractivity contribution < 1.29 is 14.6 Å². The van der Waals surface area contributed by atoms with E-state index in [0.717, 1.165) is 12.8 Å². The summed E-state index contributed by atoms with van der Waals surface area (Å²) in [6, 6.07) is 0.951. The van der Waals surface area contributed by atoms with Crippen molar-refractivity contribution in [2.75, 3.05) is 26.3 Å². The van der Waals surface area contributed by atoms with Crippen LogP contribution in [-0.4, -0.2) is 60.4 Å². The molecule has 0 aromatic heterocycles. The number of aliphatic hydroxyl groups excluding tert-OH is 1. The molecule has 5 nitrogen and oxygen atoms in total. The molecule has 3 aliphatic heterocycles. The summed E-state index contributed by atoms with van der Waals surface area (Å²) in [6.07, 6.45) is 3.15. The number of aliphatic hydroxyl groups is 1. The minimum absolute atomic E-state index is 0.00124. The second-order valence-electron chi connectivity index (χ2n) is 5.35. The van der Waals surface area contributed by atoms with Gasteiger partial charge < -0.3 is 20.1 Å². The van der Waals surface area contributed by atoms with Gasteiger partial charge in [0.1, 0.15) is 0 Å².